The Morgan fingerprint density at radius 3 is 2.57 bits per heavy atom. The van der Waals surface area contributed by atoms with E-state index in [4.69, 9.17) is 4.74 Å². The second-order valence-corrected chi connectivity index (χ2v) is 4.78. The van der Waals surface area contributed by atoms with Crippen LogP contribution in [-0.2, 0) is 4.74 Å². The zero-order chi connectivity index (χ0) is 16.4. The number of nitrogens with zero attached hydrogens (tertiary/aromatic N) is 1. The molecule has 3 aromatic rings. The van der Waals surface area contributed by atoms with Crippen molar-refractivity contribution in [2.24, 2.45) is 0 Å². The summed E-state index contributed by atoms with van der Waals surface area (Å²) in [5, 5.41) is 3.96. The third-order valence-corrected chi connectivity index (χ3v) is 3.41. The summed E-state index contributed by atoms with van der Waals surface area (Å²) in [6, 6.07) is 10.8. The maximum atomic E-state index is 13.8. The second-order valence-electron chi connectivity index (χ2n) is 4.78. The average Bonchev–Trinajstić information content (AvgIpc) is 2.58. The Kier molecular flexibility index (Phi) is 3.89. The zero-order valence-electron chi connectivity index (χ0n) is 12.1. The third kappa shape index (κ3) is 2.70. The number of methoxy groups -OCH3 is 1. The fourth-order valence-electron chi connectivity index (χ4n) is 2.29. The first-order valence-corrected chi connectivity index (χ1v) is 6.79. The molecule has 0 aliphatic carbocycles. The molecule has 2 aromatic carbocycles. The molecule has 116 valence electrons. The van der Waals surface area contributed by atoms with Crippen molar-refractivity contribution in [3.8, 4) is 0 Å². The van der Waals surface area contributed by atoms with Crippen LogP contribution in [0.15, 0.2) is 48.7 Å². The lowest BCUT2D eigenvalue weighted by Gasteiger charge is -2.12. The number of anilines is 2. The number of esters is 1. The van der Waals surface area contributed by atoms with E-state index in [-0.39, 0.29) is 5.69 Å². The number of pyridine rings is 1. The standard InChI is InChI=1S/C17H12F2N2O2/c1-23-17(22)12-9-20-16(11-6-3-2-5-10(11)12)21-14-8-4-7-13(18)15(14)19/h2-9H,1H3,(H,20,21). The Balaban J connectivity index is 2.12. The van der Waals surface area contributed by atoms with Crippen LogP contribution < -0.4 is 5.32 Å². The maximum absolute atomic E-state index is 13.8. The molecule has 0 radical (unpaired) electrons. The molecule has 1 aromatic heterocycles. The van der Waals surface area contributed by atoms with Crippen molar-refractivity contribution in [2.75, 3.05) is 12.4 Å². The molecule has 23 heavy (non-hydrogen) atoms. The number of hydrogen-bond donors (Lipinski definition) is 1. The van der Waals surface area contributed by atoms with Gasteiger partial charge in [0.15, 0.2) is 11.6 Å². The van der Waals surface area contributed by atoms with Gasteiger partial charge in [-0.15, -0.1) is 0 Å². The molecule has 0 atom stereocenters. The molecule has 4 nitrogen and oxygen atoms in total. The van der Waals surface area contributed by atoms with Gasteiger partial charge in [0.2, 0.25) is 0 Å². The summed E-state index contributed by atoms with van der Waals surface area (Å²) in [5.41, 5.74) is 0.266. The summed E-state index contributed by atoms with van der Waals surface area (Å²) < 4.78 is 31.9. The number of rotatable bonds is 3. The molecule has 0 unspecified atom stereocenters. The molecular weight excluding hydrogens is 302 g/mol. The first-order chi connectivity index (χ1) is 11.1. The number of carbonyl (C=O) groups is 1. The van der Waals surface area contributed by atoms with Gasteiger partial charge in [-0.3, -0.25) is 0 Å². The normalized spacial score (nSPS) is 10.6. The van der Waals surface area contributed by atoms with Crippen molar-refractivity contribution in [3.63, 3.8) is 0 Å². The Labute approximate surface area is 130 Å². The molecule has 0 saturated heterocycles. The highest BCUT2D eigenvalue weighted by atomic mass is 19.2. The molecule has 0 aliphatic heterocycles. The number of benzene rings is 2. The molecule has 3 rings (SSSR count). The zero-order valence-corrected chi connectivity index (χ0v) is 12.1. The van der Waals surface area contributed by atoms with Crippen LogP contribution in [-0.4, -0.2) is 18.1 Å². The topological polar surface area (TPSA) is 51.2 Å². The minimum absolute atomic E-state index is 0.0338. The fourth-order valence-corrected chi connectivity index (χ4v) is 2.29. The Morgan fingerprint density at radius 2 is 1.83 bits per heavy atom. The van der Waals surface area contributed by atoms with Crippen molar-refractivity contribution >= 4 is 28.2 Å². The van der Waals surface area contributed by atoms with E-state index < -0.39 is 17.6 Å². The molecule has 1 heterocycles. The molecular formula is C17H12F2N2O2. The summed E-state index contributed by atoms with van der Waals surface area (Å²) in [4.78, 5) is 15.9. The quantitative estimate of drug-likeness (QED) is 0.741. The van der Waals surface area contributed by atoms with E-state index >= 15 is 0 Å². The monoisotopic (exact) mass is 314 g/mol. The number of nitrogens with one attached hydrogen (secondary N) is 1. The maximum Gasteiger partial charge on any atom is 0.340 e. The van der Waals surface area contributed by atoms with E-state index in [1.807, 2.05) is 0 Å². The number of carbonyl (C=O) groups excluding carboxylic acids is 1. The van der Waals surface area contributed by atoms with Crippen molar-refractivity contribution in [2.45, 2.75) is 0 Å². The predicted octanol–water partition coefficient (Wildman–Crippen LogP) is 4.04. The predicted molar refractivity (Wildman–Crippen MR) is 82.7 cm³/mol. The van der Waals surface area contributed by atoms with Gasteiger partial charge < -0.3 is 10.1 Å². The van der Waals surface area contributed by atoms with Gasteiger partial charge in [0, 0.05) is 17.0 Å². The summed E-state index contributed by atoms with van der Waals surface area (Å²) in [6.45, 7) is 0. The number of aromatic nitrogens is 1. The summed E-state index contributed by atoms with van der Waals surface area (Å²) >= 11 is 0. The van der Waals surface area contributed by atoms with Crippen molar-refractivity contribution in [1.82, 2.24) is 4.98 Å². The van der Waals surface area contributed by atoms with Crippen molar-refractivity contribution in [1.29, 1.82) is 0 Å². The Hall–Kier alpha value is -3.02. The van der Waals surface area contributed by atoms with E-state index in [1.54, 1.807) is 24.3 Å². The highest BCUT2D eigenvalue weighted by Gasteiger charge is 2.15. The van der Waals surface area contributed by atoms with Crippen LogP contribution in [0, 0.1) is 11.6 Å². The van der Waals surface area contributed by atoms with Crippen molar-refractivity contribution in [3.05, 3.63) is 65.9 Å². The third-order valence-electron chi connectivity index (χ3n) is 3.41. The Bertz CT molecular complexity index is 897. The first kappa shape index (κ1) is 14.9. The number of fused-ring (bicyclic) bond motifs is 1. The molecule has 0 amide bonds. The van der Waals surface area contributed by atoms with Gasteiger partial charge in [0.05, 0.1) is 18.4 Å². The SMILES string of the molecule is COC(=O)c1cnc(Nc2cccc(F)c2F)c2ccccc12. The lowest BCUT2D eigenvalue weighted by Crippen LogP contribution is -2.05. The van der Waals surface area contributed by atoms with E-state index in [9.17, 15) is 13.6 Å². The van der Waals surface area contributed by atoms with Crippen LogP contribution in [0.1, 0.15) is 10.4 Å². The molecule has 0 spiro atoms. The van der Waals surface area contributed by atoms with Gasteiger partial charge in [0.25, 0.3) is 0 Å². The van der Waals surface area contributed by atoms with Gasteiger partial charge in [-0.1, -0.05) is 30.3 Å². The van der Waals surface area contributed by atoms with Crippen LogP contribution in [0.5, 0.6) is 0 Å². The summed E-state index contributed by atoms with van der Waals surface area (Å²) in [7, 11) is 1.28. The van der Waals surface area contributed by atoms with Crippen LogP contribution in [0.2, 0.25) is 0 Å². The van der Waals surface area contributed by atoms with E-state index in [0.717, 1.165) is 6.07 Å². The largest absolute Gasteiger partial charge is 0.465 e. The lowest BCUT2D eigenvalue weighted by atomic mass is 10.1. The van der Waals surface area contributed by atoms with Gasteiger partial charge in [-0.05, 0) is 12.1 Å². The average molecular weight is 314 g/mol. The van der Waals surface area contributed by atoms with Crippen LogP contribution in [0.4, 0.5) is 20.3 Å². The van der Waals surface area contributed by atoms with E-state index in [1.165, 1.54) is 25.4 Å². The Morgan fingerprint density at radius 1 is 1.09 bits per heavy atom. The van der Waals surface area contributed by atoms with Gasteiger partial charge >= 0.3 is 5.97 Å². The minimum atomic E-state index is -0.990. The van der Waals surface area contributed by atoms with E-state index in [0.29, 0.717) is 22.2 Å². The smallest absolute Gasteiger partial charge is 0.340 e. The first-order valence-electron chi connectivity index (χ1n) is 6.79. The lowest BCUT2D eigenvalue weighted by molar-refractivity contribution is 0.0602. The molecule has 0 bridgehead atoms. The van der Waals surface area contributed by atoms with Crippen LogP contribution >= 0.6 is 0 Å². The molecule has 0 fully saturated rings. The van der Waals surface area contributed by atoms with Crippen molar-refractivity contribution < 1.29 is 18.3 Å². The number of ether oxygens (including phenoxy) is 1. The fraction of sp³-hybridized carbons (Fsp3) is 0.0588. The van der Waals surface area contributed by atoms with Gasteiger partial charge in [0.1, 0.15) is 5.82 Å². The molecule has 1 N–H and O–H groups in total. The summed E-state index contributed by atoms with van der Waals surface area (Å²) in [5.74, 6) is -2.14. The molecule has 0 aliphatic rings. The van der Waals surface area contributed by atoms with Crippen LogP contribution in [0.25, 0.3) is 10.8 Å². The minimum Gasteiger partial charge on any atom is -0.465 e. The van der Waals surface area contributed by atoms with Gasteiger partial charge in [-0.2, -0.15) is 0 Å². The van der Waals surface area contributed by atoms with Gasteiger partial charge in [-0.25, -0.2) is 18.6 Å². The van der Waals surface area contributed by atoms with E-state index in [2.05, 4.69) is 10.3 Å². The number of halogens is 2. The second kappa shape index (κ2) is 6.00. The summed E-state index contributed by atoms with van der Waals surface area (Å²) in [6.07, 6.45) is 1.34. The van der Waals surface area contributed by atoms with Crippen LogP contribution in [0.3, 0.4) is 0 Å². The number of hydrogen-bond acceptors (Lipinski definition) is 4. The highest BCUT2D eigenvalue weighted by molar-refractivity contribution is 6.07. The molecule has 0 saturated carbocycles. The highest BCUT2D eigenvalue weighted by Crippen LogP contribution is 2.28. The molecule has 6 heteroatoms.